The summed E-state index contributed by atoms with van der Waals surface area (Å²) in [7, 11) is 0. The molecule has 6 nitrogen and oxygen atoms in total. The average molecular weight is 274 g/mol. The van der Waals surface area contributed by atoms with Crippen molar-refractivity contribution in [2.75, 3.05) is 18.5 Å². The fourth-order valence-corrected chi connectivity index (χ4v) is 1.17. The number of primary amides is 1. The molecule has 1 rings (SSSR count). The van der Waals surface area contributed by atoms with Gasteiger partial charge in [-0.15, -0.1) is 12.4 Å². The molecule has 5 N–H and O–H groups in total. The highest BCUT2D eigenvalue weighted by molar-refractivity contribution is 5.91. The lowest BCUT2D eigenvalue weighted by atomic mass is 10.3. The smallest absolute Gasteiger partial charge is 0.255 e. The molecule has 0 heterocycles. The number of amides is 2. The van der Waals surface area contributed by atoms with Crippen LogP contribution in [0, 0.1) is 0 Å². The first kappa shape index (κ1) is 16.2. The molecular formula is C11H16ClN3O3. The Morgan fingerprint density at radius 2 is 2.06 bits per heavy atom. The van der Waals surface area contributed by atoms with E-state index in [1.807, 2.05) is 0 Å². The van der Waals surface area contributed by atoms with E-state index in [9.17, 15) is 9.59 Å². The molecule has 0 aliphatic rings. The first-order chi connectivity index (χ1) is 8.11. The summed E-state index contributed by atoms with van der Waals surface area (Å²) in [6.07, 6.45) is 0.256. The van der Waals surface area contributed by atoms with Crippen molar-refractivity contribution in [2.45, 2.75) is 6.42 Å². The van der Waals surface area contributed by atoms with Crippen LogP contribution in [0.2, 0.25) is 0 Å². The second-order valence-electron chi connectivity index (χ2n) is 3.37. The normalized spacial score (nSPS) is 9.17. The van der Waals surface area contributed by atoms with Crippen molar-refractivity contribution in [3.8, 4) is 5.75 Å². The van der Waals surface area contributed by atoms with E-state index in [2.05, 4.69) is 5.32 Å². The Hall–Kier alpha value is -1.79. The van der Waals surface area contributed by atoms with E-state index in [1.54, 1.807) is 24.3 Å². The largest absolute Gasteiger partial charge is 0.484 e. The summed E-state index contributed by atoms with van der Waals surface area (Å²) >= 11 is 0. The molecular weight excluding hydrogens is 258 g/mol. The third kappa shape index (κ3) is 6.07. The average Bonchev–Trinajstić information content (AvgIpc) is 2.27. The first-order valence-electron chi connectivity index (χ1n) is 5.13. The van der Waals surface area contributed by atoms with Gasteiger partial charge in [0, 0.05) is 24.7 Å². The van der Waals surface area contributed by atoms with E-state index in [4.69, 9.17) is 16.2 Å². The molecule has 0 spiro atoms. The number of carbonyl (C=O) groups is 2. The maximum Gasteiger partial charge on any atom is 0.255 e. The number of benzene rings is 1. The predicted molar refractivity (Wildman–Crippen MR) is 70.7 cm³/mol. The molecule has 0 radical (unpaired) electrons. The second-order valence-corrected chi connectivity index (χ2v) is 3.37. The van der Waals surface area contributed by atoms with Gasteiger partial charge < -0.3 is 21.5 Å². The molecule has 0 aromatic heterocycles. The van der Waals surface area contributed by atoms with Crippen molar-refractivity contribution in [2.24, 2.45) is 11.5 Å². The minimum atomic E-state index is -0.553. The van der Waals surface area contributed by atoms with Gasteiger partial charge in [-0.3, -0.25) is 9.59 Å². The Balaban J connectivity index is 0.00000289. The summed E-state index contributed by atoms with van der Waals surface area (Å²) in [5, 5.41) is 2.66. The van der Waals surface area contributed by atoms with Crippen molar-refractivity contribution in [3.63, 3.8) is 0 Å². The third-order valence-electron chi connectivity index (χ3n) is 1.87. The number of rotatable bonds is 6. The molecule has 0 aliphatic heterocycles. The molecule has 1 aromatic carbocycles. The Kier molecular flexibility index (Phi) is 7.50. The SMILES string of the molecule is Cl.NCCC(=O)Nc1cccc(OCC(N)=O)c1. The van der Waals surface area contributed by atoms with Crippen LogP contribution < -0.4 is 21.5 Å². The highest BCUT2D eigenvalue weighted by atomic mass is 35.5. The van der Waals surface area contributed by atoms with Crippen molar-refractivity contribution in [1.82, 2.24) is 0 Å². The monoisotopic (exact) mass is 273 g/mol. The maximum atomic E-state index is 11.3. The third-order valence-corrected chi connectivity index (χ3v) is 1.87. The van der Waals surface area contributed by atoms with Crippen LogP contribution in [0.4, 0.5) is 5.69 Å². The van der Waals surface area contributed by atoms with Crippen LogP contribution in [0.25, 0.3) is 0 Å². The van der Waals surface area contributed by atoms with Crippen molar-refractivity contribution in [1.29, 1.82) is 0 Å². The number of nitrogens with two attached hydrogens (primary N) is 2. The molecule has 0 bridgehead atoms. The lowest BCUT2D eigenvalue weighted by Crippen LogP contribution is -2.20. The van der Waals surface area contributed by atoms with Gasteiger partial charge in [-0.05, 0) is 12.1 Å². The zero-order valence-electron chi connectivity index (χ0n) is 9.72. The molecule has 1 aromatic rings. The van der Waals surface area contributed by atoms with Gasteiger partial charge >= 0.3 is 0 Å². The standard InChI is InChI=1S/C11H15N3O3.ClH/c12-5-4-11(16)14-8-2-1-3-9(6-8)17-7-10(13)15;/h1-3,6H,4-5,7,12H2,(H2,13,15)(H,14,16);1H. The van der Waals surface area contributed by atoms with Crippen LogP contribution in [0.3, 0.4) is 0 Å². The molecule has 0 saturated heterocycles. The summed E-state index contributed by atoms with van der Waals surface area (Å²) in [5.41, 5.74) is 10.8. The number of ether oxygens (including phenoxy) is 1. The number of carbonyl (C=O) groups excluding carboxylic acids is 2. The van der Waals surface area contributed by atoms with Crippen molar-refractivity contribution >= 4 is 29.9 Å². The van der Waals surface area contributed by atoms with Crippen LogP contribution in [0.15, 0.2) is 24.3 Å². The van der Waals surface area contributed by atoms with Gasteiger partial charge in [-0.25, -0.2) is 0 Å². The van der Waals surface area contributed by atoms with Gasteiger partial charge in [-0.2, -0.15) is 0 Å². The molecule has 2 amide bonds. The number of halogens is 1. The van der Waals surface area contributed by atoms with E-state index in [1.165, 1.54) is 0 Å². The van der Waals surface area contributed by atoms with Crippen LogP contribution >= 0.6 is 12.4 Å². The Morgan fingerprint density at radius 1 is 1.33 bits per heavy atom. The van der Waals surface area contributed by atoms with Crippen LogP contribution in [0.5, 0.6) is 5.75 Å². The topological polar surface area (TPSA) is 107 Å². The van der Waals surface area contributed by atoms with E-state index in [-0.39, 0.29) is 31.3 Å². The van der Waals surface area contributed by atoms with E-state index in [0.717, 1.165) is 0 Å². The number of hydrogen-bond donors (Lipinski definition) is 3. The van der Waals surface area contributed by atoms with Crippen LogP contribution in [-0.2, 0) is 9.59 Å². The molecule has 0 saturated carbocycles. The van der Waals surface area contributed by atoms with Gasteiger partial charge in [0.05, 0.1) is 0 Å². The van der Waals surface area contributed by atoms with Crippen molar-refractivity contribution < 1.29 is 14.3 Å². The quantitative estimate of drug-likeness (QED) is 0.691. The maximum absolute atomic E-state index is 11.3. The summed E-state index contributed by atoms with van der Waals surface area (Å²) in [5.74, 6) is -0.253. The summed E-state index contributed by atoms with van der Waals surface area (Å²) in [6, 6.07) is 6.69. The first-order valence-corrected chi connectivity index (χ1v) is 5.13. The van der Waals surface area contributed by atoms with Crippen LogP contribution in [-0.4, -0.2) is 25.0 Å². The Labute approximate surface area is 111 Å². The van der Waals surface area contributed by atoms with Crippen molar-refractivity contribution in [3.05, 3.63) is 24.3 Å². The molecule has 100 valence electrons. The van der Waals surface area contributed by atoms with Gasteiger partial charge in [-0.1, -0.05) is 6.07 Å². The molecule has 7 heteroatoms. The minimum absolute atomic E-state index is 0. The van der Waals surface area contributed by atoms with Gasteiger partial charge in [0.25, 0.3) is 5.91 Å². The number of anilines is 1. The molecule has 0 atom stereocenters. The molecule has 0 fully saturated rings. The fourth-order valence-electron chi connectivity index (χ4n) is 1.17. The Bertz CT molecular complexity index is 412. The van der Waals surface area contributed by atoms with E-state index >= 15 is 0 Å². The summed E-state index contributed by atoms with van der Waals surface area (Å²) < 4.78 is 5.10. The van der Waals surface area contributed by atoms with Crippen LogP contribution in [0.1, 0.15) is 6.42 Å². The highest BCUT2D eigenvalue weighted by Crippen LogP contribution is 2.17. The minimum Gasteiger partial charge on any atom is -0.484 e. The fraction of sp³-hybridized carbons (Fsp3) is 0.273. The lowest BCUT2D eigenvalue weighted by Gasteiger charge is -2.07. The van der Waals surface area contributed by atoms with Gasteiger partial charge in [0.2, 0.25) is 5.91 Å². The van der Waals surface area contributed by atoms with E-state index in [0.29, 0.717) is 18.0 Å². The number of hydrogen-bond acceptors (Lipinski definition) is 4. The Morgan fingerprint density at radius 3 is 2.67 bits per heavy atom. The zero-order valence-corrected chi connectivity index (χ0v) is 10.5. The molecule has 18 heavy (non-hydrogen) atoms. The lowest BCUT2D eigenvalue weighted by molar-refractivity contribution is -0.120. The molecule has 0 unspecified atom stereocenters. The molecule has 0 aliphatic carbocycles. The summed E-state index contributed by atoms with van der Waals surface area (Å²) in [4.78, 5) is 21.8. The van der Waals surface area contributed by atoms with Gasteiger partial charge in [0.15, 0.2) is 6.61 Å². The predicted octanol–water partition coefficient (Wildman–Crippen LogP) is 0.260. The second kappa shape index (κ2) is 8.32. The number of nitrogens with one attached hydrogen (secondary N) is 1. The zero-order chi connectivity index (χ0) is 12.7. The van der Waals surface area contributed by atoms with Gasteiger partial charge in [0.1, 0.15) is 5.75 Å². The highest BCUT2D eigenvalue weighted by Gasteiger charge is 2.03. The summed E-state index contributed by atoms with van der Waals surface area (Å²) in [6.45, 7) is 0.101. The van der Waals surface area contributed by atoms with E-state index < -0.39 is 5.91 Å².